The van der Waals surface area contributed by atoms with Crippen LogP contribution in [0, 0.1) is 6.92 Å². The number of allylic oxidation sites excluding steroid dienone is 1. The second kappa shape index (κ2) is 19.9. The average molecular weight is 641 g/mol. The van der Waals surface area contributed by atoms with Gasteiger partial charge in [-0.3, -0.25) is 0 Å². The Morgan fingerprint density at radius 1 is 0.596 bits per heavy atom. The number of carbonyl (C=O) groups excluding carboxylic acids is 1. The molecule has 3 nitrogen and oxygen atoms in total. The molecule has 3 aromatic carbocycles. The van der Waals surface area contributed by atoms with Crippen molar-refractivity contribution >= 4 is 18.1 Å². The highest BCUT2D eigenvalue weighted by atomic mass is 16.5. The van der Waals surface area contributed by atoms with E-state index in [4.69, 9.17) is 0 Å². The molecular weight excluding hydrogens is 576 g/mol. The number of aryl methyl sites for hydroxylation is 1. The van der Waals surface area contributed by atoms with E-state index in [1.54, 1.807) is 6.08 Å². The lowest BCUT2D eigenvalue weighted by atomic mass is 9.88. The van der Waals surface area contributed by atoms with Gasteiger partial charge < -0.3 is 9.84 Å². The Morgan fingerprint density at radius 2 is 1.02 bits per heavy atom. The van der Waals surface area contributed by atoms with Gasteiger partial charge in [0.05, 0.1) is 7.11 Å². The molecular formula is C44H64O3. The van der Waals surface area contributed by atoms with Gasteiger partial charge in [0, 0.05) is 6.08 Å². The lowest BCUT2D eigenvalue weighted by molar-refractivity contribution is -0.134. The second-order valence-corrected chi connectivity index (χ2v) is 14.3. The minimum absolute atomic E-state index is 0.325. The maximum atomic E-state index is 11.1. The van der Waals surface area contributed by atoms with Crippen LogP contribution in [-0.4, -0.2) is 18.2 Å². The van der Waals surface area contributed by atoms with E-state index in [1.807, 2.05) is 19.1 Å². The zero-order valence-electron chi connectivity index (χ0n) is 32.2. The summed E-state index contributed by atoms with van der Waals surface area (Å²) in [5.74, 6) is 3.19. The first-order valence-corrected chi connectivity index (χ1v) is 17.4. The maximum Gasteiger partial charge on any atom is 0.330 e. The predicted molar refractivity (Wildman–Crippen MR) is 206 cm³/mol. The second-order valence-electron chi connectivity index (χ2n) is 14.3. The molecule has 3 rings (SSSR count). The van der Waals surface area contributed by atoms with Crippen LogP contribution in [0.2, 0.25) is 0 Å². The molecule has 0 aromatic heterocycles. The summed E-state index contributed by atoms with van der Waals surface area (Å²) in [7, 11) is 1.38. The molecule has 0 aliphatic rings. The van der Waals surface area contributed by atoms with E-state index in [0.717, 1.165) is 16.7 Å². The van der Waals surface area contributed by atoms with Crippen LogP contribution in [0.3, 0.4) is 0 Å². The third-order valence-corrected chi connectivity index (χ3v) is 8.22. The molecule has 0 amide bonds. The van der Waals surface area contributed by atoms with E-state index in [0.29, 0.717) is 41.3 Å². The number of hydrogen-bond donors (Lipinski definition) is 1. The Hall–Kier alpha value is -3.59. The number of aromatic hydroxyl groups is 1. The summed E-state index contributed by atoms with van der Waals surface area (Å²) < 4.78 is 4.59. The van der Waals surface area contributed by atoms with Gasteiger partial charge in [0.15, 0.2) is 0 Å². The van der Waals surface area contributed by atoms with Crippen LogP contribution in [0.25, 0.3) is 12.2 Å². The molecule has 0 bridgehead atoms. The number of ether oxygens (including phenoxy) is 1. The van der Waals surface area contributed by atoms with Crippen molar-refractivity contribution in [2.75, 3.05) is 7.11 Å². The van der Waals surface area contributed by atoms with E-state index in [2.05, 4.69) is 143 Å². The molecule has 0 aliphatic carbocycles. The van der Waals surface area contributed by atoms with Crippen molar-refractivity contribution < 1.29 is 14.6 Å². The third kappa shape index (κ3) is 13.2. The summed E-state index contributed by atoms with van der Waals surface area (Å²) >= 11 is 0. The standard InChI is InChI=1S/C16H22O2.C15H22.C13H20O/c1-11(2)14-8-6-13(7-9-16(17)18-5)10-15(14)12(3)4;1-6-7-13-8-9-14(11(2)3)15(10-13)12(4)5;1-8(2)11-6-10(5)7-12(14)13(11)9(3)4/h6-12H,1-5H3;6-12H,1-5H3;6-9,14H,1-5H3/b9-7+;7-6+;. The Bertz CT molecular complexity index is 1470. The maximum absolute atomic E-state index is 11.1. The number of carbonyl (C=O) groups is 1. The number of hydrogen-bond acceptors (Lipinski definition) is 3. The largest absolute Gasteiger partial charge is 0.508 e. The molecule has 258 valence electrons. The van der Waals surface area contributed by atoms with Crippen molar-refractivity contribution in [1.29, 1.82) is 0 Å². The fraction of sp³-hybridized carbons (Fsp3) is 0.477. The summed E-state index contributed by atoms with van der Waals surface area (Å²) in [6, 6.07) is 17.2. The molecule has 47 heavy (non-hydrogen) atoms. The van der Waals surface area contributed by atoms with Gasteiger partial charge in [0.2, 0.25) is 0 Å². The lowest BCUT2D eigenvalue weighted by Gasteiger charge is -2.18. The van der Waals surface area contributed by atoms with Crippen LogP contribution in [0.1, 0.15) is 176 Å². The van der Waals surface area contributed by atoms with Crippen LogP contribution in [-0.2, 0) is 9.53 Å². The van der Waals surface area contributed by atoms with E-state index < -0.39 is 0 Å². The number of methoxy groups -OCH3 is 1. The van der Waals surface area contributed by atoms with E-state index in [9.17, 15) is 9.90 Å². The minimum atomic E-state index is -0.325. The van der Waals surface area contributed by atoms with Gasteiger partial charge in [-0.25, -0.2) is 4.79 Å². The van der Waals surface area contributed by atoms with Gasteiger partial charge in [-0.15, -0.1) is 0 Å². The molecule has 3 aromatic rings. The fourth-order valence-electron chi connectivity index (χ4n) is 5.78. The monoisotopic (exact) mass is 640 g/mol. The number of esters is 1. The van der Waals surface area contributed by atoms with Gasteiger partial charge >= 0.3 is 5.97 Å². The summed E-state index contributed by atoms with van der Waals surface area (Å²) in [6.45, 7) is 30.5. The van der Waals surface area contributed by atoms with Gasteiger partial charge in [-0.1, -0.05) is 138 Å². The van der Waals surface area contributed by atoms with Crippen molar-refractivity contribution in [1.82, 2.24) is 0 Å². The highest BCUT2D eigenvalue weighted by Gasteiger charge is 2.15. The molecule has 0 radical (unpaired) electrons. The van der Waals surface area contributed by atoms with E-state index >= 15 is 0 Å². The topological polar surface area (TPSA) is 46.5 Å². The fourth-order valence-corrected chi connectivity index (χ4v) is 5.78. The highest BCUT2D eigenvalue weighted by Crippen LogP contribution is 2.34. The Labute approximate surface area is 288 Å². The molecule has 0 fully saturated rings. The SMILES string of the molecule is C/C=C/c1ccc(C(C)C)c(C(C)C)c1.COC(=O)/C=C/c1ccc(C(C)C)c(C(C)C)c1.Cc1cc(O)c(C(C)C)c(C(C)C)c1. The Kier molecular flexibility index (Phi) is 17.6. The van der Waals surface area contributed by atoms with Crippen molar-refractivity contribution in [3.63, 3.8) is 0 Å². The molecule has 0 atom stereocenters. The summed E-state index contributed by atoms with van der Waals surface area (Å²) in [4.78, 5) is 11.1. The van der Waals surface area contributed by atoms with Crippen molar-refractivity contribution in [2.24, 2.45) is 0 Å². The zero-order valence-corrected chi connectivity index (χ0v) is 32.2. The minimum Gasteiger partial charge on any atom is -0.508 e. The quantitative estimate of drug-likeness (QED) is 0.187. The normalized spacial score (nSPS) is 11.6. The van der Waals surface area contributed by atoms with Gasteiger partial charge in [0.25, 0.3) is 0 Å². The van der Waals surface area contributed by atoms with Crippen LogP contribution in [0.4, 0.5) is 0 Å². The molecule has 0 saturated heterocycles. The first kappa shape index (κ1) is 41.4. The molecule has 0 saturated carbocycles. The summed E-state index contributed by atoms with van der Waals surface area (Å²) in [5.41, 5.74) is 11.5. The van der Waals surface area contributed by atoms with E-state index in [1.165, 1.54) is 46.6 Å². The Balaban J connectivity index is 0.000000356. The molecule has 1 N–H and O–H groups in total. The Morgan fingerprint density at radius 3 is 1.38 bits per heavy atom. The van der Waals surface area contributed by atoms with Crippen molar-refractivity contribution in [2.45, 2.75) is 132 Å². The number of benzene rings is 3. The van der Waals surface area contributed by atoms with Gasteiger partial charge in [-0.2, -0.15) is 0 Å². The lowest BCUT2D eigenvalue weighted by Crippen LogP contribution is -1.99. The summed E-state index contributed by atoms with van der Waals surface area (Å²) in [6.07, 6.45) is 7.50. The summed E-state index contributed by atoms with van der Waals surface area (Å²) in [5, 5.41) is 9.89. The van der Waals surface area contributed by atoms with Gasteiger partial charge in [0.1, 0.15) is 5.75 Å². The molecule has 3 heteroatoms. The highest BCUT2D eigenvalue weighted by molar-refractivity contribution is 5.87. The van der Waals surface area contributed by atoms with E-state index in [-0.39, 0.29) is 5.97 Å². The van der Waals surface area contributed by atoms with Crippen LogP contribution < -0.4 is 0 Å². The first-order chi connectivity index (χ1) is 21.9. The molecule has 0 heterocycles. The van der Waals surface area contributed by atoms with Crippen LogP contribution in [0.15, 0.2) is 60.7 Å². The third-order valence-electron chi connectivity index (χ3n) is 8.22. The van der Waals surface area contributed by atoms with Crippen molar-refractivity contribution in [3.05, 3.63) is 111 Å². The van der Waals surface area contributed by atoms with Crippen molar-refractivity contribution in [3.8, 4) is 5.75 Å². The number of phenols is 1. The molecule has 0 aliphatic heterocycles. The molecule has 0 unspecified atom stereocenters. The van der Waals surface area contributed by atoms with Crippen LogP contribution in [0.5, 0.6) is 5.75 Å². The smallest absolute Gasteiger partial charge is 0.330 e. The van der Waals surface area contributed by atoms with Gasteiger partial charge in [-0.05, 0) is 112 Å². The number of rotatable bonds is 9. The average Bonchev–Trinajstić information content (AvgIpc) is 2.99. The zero-order chi connectivity index (χ0) is 36.0. The predicted octanol–water partition coefficient (Wildman–Crippen LogP) is 13.0. The molecule has 0 spiro atoms. The van der Waals surface area contributed by atoms with Crippen LogP contribution >= 0.6 is 0 Å². The number of phenolic OH excluding ortho intramolecular Hbond substituents is 1. The first-order valence-electron chi connectivity index (χ1n) is 17.4.